The topological polar surface area (TPSA) is 91.1 Å². The largest absolute Gasteiger partial charge is 0.444 e. The molecule has 1 aromatic heterocycles. The van der Waals surface area contributed by atoms with E-state index in [1.807, 2.05) is 33.9 Å². The maximum Gasteiger partial charge on any atom is 0.407 e. The Bertz CT molecular complexity index is 595. The molecule has 24 heavy (non-hydrogen) atoms. The number of carbonyl (C=O) groups excluding carboxylic acids is 1. The second-order valence-corrected chi connectivity index (χ2v) is 7.13. The summed E-state index contributed by atoms with van der Waals surface area (Å²) in [6, 6.07) is 2.47. The van der Waals surface area contributed by atoms with Gasteiger partial charge in [-0.25, -0.2) is 14.8 Å². The van der Waals surface area contributed by atoms with E-state index < -0.39 is 5.60 Å². The summed E-state index contributed by atoms with van der Waals surface area (Å²) >= 11 is 0. The van der Waals surface area contributed by atoms with E-state index in [-0.39, 0.29) is 12.1 Å². The lowest BCUT2D eigenvalue weighted by atomic mass is 9.90. The number of amides is 1. The van der Waals surface area contributed by atoms with Crippen LogP contribution in [0.4, 0.5) is 10.6 Å². The molecule has 0 bridgehead atoms. The smallest absolute Gasteiger partial charge is 0.407 e. The van der Waals surface area contributed by atoms with Crippen LogP contribution in [0.15, 0.2) is 12.4 Å². The lowest BCUT2D eigenvalue weighted by molar-refractivity contribution is 0.0491. The molecule has 0 spiro atoms. The Balaban J connectivity index is 1.83. The highest BCUT2D eigenvalue weighted by molar-refractivity contribution is 5.68. The second-order valence-electron chi connectivity index (χ2n) is 7.13. The van der Waals surface area contributed by atoms with Crippen molar-refractivity contribution in [3.8, 4) is 6.07 Å². The average Bonchev–Trinajstić information content (AvgIpc) is 2.53. The quantitative estimate of drug-likeness (QED) is 0.915. The summed E-state index contributed by atoms with van der Waals surface area (Å²) in [6.45, 7) is 5.57. The molecule has 1 N–H and O–H groups in total. The van der Waals surface area contributed by atoms with E-state index >= 15 is 0 Å². The molecule has 130 valence electrons. The Morgan fingerprint density at radius 2 is 1.96 bits per heavy atom. The lowest BCUT2D eigenvalue weighted by Gasteiger charge is -2.35. The summed E-state index contributed by atoms with van der Waals surface area (Å²) in [4.78, 5) is 22.3. The van der Waals surface area contributed by atoms with Gasteiger partial charge in [0.25, 0.3) is 0 Å². The first-order valence-corrected chi connectivity index (χ1v) is 8.23. The number of hydrogen-bond acceptors (Lipinski definition) is 6. The molecule has 0 unspecified atom stereocenters. The molecule has 0 aromatic carbocycles. The van der Waals surface area contributed by atoms with Gasteiger partial charge in [0.15, 0.2) is 5.69 Å². The minimum atomic E-state index is -0.476. The number of hydrogen-bond donors (Lipinski definition) is 1. The molecule has 0 radical (unpaired) electrons. The van der Waals surface area contributed by atoms with Crippen LogP contribution in [-0.2, 0) is 4.74 Å². The Hall–Kier alpha value is -2.36. The van der Waals surface area contributed by atoms with E-state index in [0.29, 0.717) is 11.7 Å². The lowest BCUT2D eigenvalue weighted by Crippen LogP contribution is -2.44. The van der Waals surface area contributed by atoms with Gasteiger partial charge in [0.05, 0.1) is 12.4 Å². The number of alkyl carbamates (subject to hydrolysis) is 1. The Labute approximate surface area is 143 Å². The fourth-order valence-electron chi connectivity index (χ4n) is 2.83. The Kier molecular flexibility index (Phi) is 5.60. The van der Waals surface area contributed by atoms with E-state index in [1.165, 1.54) is 6.20 Å². The second kappa shape index (κ2) is 7.47. The van der Waals surface area contributed by atoms with Gasteiger partial charge in [-0.2, -0.15) is 5.26 Å². The molecule has 1 saturated carbocycles. The third-order valence-corrected chi connectivity index (χ3v) is 4.08. The summed E-state index contributed by atoms with van der Waals surface area (Å²) < 4.78 is 5.30. The zero-order chi connectivity index (χ0) is 17.7. The van der Waals surface area contributed by atoms with E-state index in [2.05, 4.69) is 20.2 Å². The van der Waals surface area contributed by atoms with Crippen molar-refractivity contribution >= 4 is 11.9 Å². The van der Waals surface area contributed by atoms with Crippen LogP contribution in [0.1, 0.15) is 52.1 Å². The van der Waals surface area contributed by atoms with Gasteiger partial charge >= 0.3 is 6.09 Å². The number of nitrogens with zero attached hydrogens (tertiary/aromatic N) is 4. The van der Waals surface area contributed by atoms with Gasteiger partial charge in [-0.05, 0) is 46.5 Å². The summed E-state index contributed by atoms with van der Waals surface area (Å²) in [5.74, 6) is 0.762. The minimum absolute atomic E-state index is 0.150. The Morgan fingerprint density at radius 1 is 1.29 bits per heavy atom. The molecule has 1 fully saturated rings. The summed E-state index contributed by atoms with van der Waals surface area (Å²) in [6.07, 6.45) is 6.48. The van der Waals surface area contributed by atoms with E-state index in [4.69, 9.17) is 10.00 Å². The van der Waals surface area contributed by atoms with Crippen LogP contribution in [0.2, 0.25) is 0 Å². The van der Waals surface area contributed by atoms with Crippen LogP contribution < -0.4 is 10.2 Å². The van der Waals surface area contributed by atoms with Crippen molar-refractivity contribution in [2.75, 3.05) is 11.9 Å². The normalized spacial score (nSPS) is 20.8. The van der Waals surface area contributed by atoms with Crippen molar-refractivity contribution in [1.82, 2.24) is 15.3 Å². The molecule has 0 atom stereocenters. The highest BCUT2D eigenvalue weighted by atomic mass is 16.6. The zero-order valence-electron chi connectivity index (χ0n) is 14.7. The van der Waals surface area contributed by atoms with Crippen LogP contribution in [-0.4, -0.2) is 40.8 Å². The van der Waals surface area contributed by atoms with Crippen LogP contribution in [0, 0.1) is 11.3 Å². The summed E-state index contributed by atoms with van der Waals surface area (Å²) in [7, 11) is 1.99. The van der Waals surface area contributed by atoms with Crippen LogP contribution >= 0.6 is 0 Å². The predicted molar refractivity (Wildman–Crippen MR) is 90.6 cm³/mol. The maximum absolute atomic E-state index is 11.8. The molecule has 1 aromatic rings. The monoisotopic (exact) mass is 331 g/mol. The maximum atomic E-state index is 11.8. The van der Waals surface area contributed by atoms with Crippen LogP contribution in [0.3, 0.4) is 0 Å². The first-order valence-electron chi connectivity index (χ1n) is 8.23. The molecule has 7 heteroatoms. The highest BCUT2D eigenvalue weighted by Gasteiger charge is 2.27. The molecular formula is C17H25N5O2. The molecule has 1 heterocycles. The first-order chi connectivity index (χ1) is 11.3. The van der Waals surface area contributed by atoms with E-state index in [0.717, 1.165) is 31.5 Å². The summed E-state index contributed by atoms with van der Waals surface area (Å²) in [5, 5.41) is 11.7. The fraction of sp³-hybridized carbons (Fsp3) is 0.647. The Morgan fingerprint density at radius 3 is 2.46 bits per heavy atom. The standard InChI is InChI=1S/C17H25N5O2/c1-17(2,3)24-16(23)21-12-5-7-14(8-6-12)22(4)15-11-19-13(9-18)10-20-15/h10-12,14H,5-8H2,1-4H3,(H,21,23). The van der Waals surface area contributed by atoms with Gasteiger partial charge in [0.2, 0.25) is 0 Å². The van der Waals surface area contributed by atoms with Crippen molar-refractivity contribution in [3.05, 3.63) is 18.1 Å². The molecular weight excluding hydrogens is 306 g/mol. The van der Waals surface area contributed by atoms with Gasteiger partial charge in [0.1, 0.15) is 17.5 Å². The highest BCUT2D eigenvalue weighted by Crippen LogP contribution is 2.25. The fourth-order valence-corrected chi connectivity index (χ4v) is 2.83. The van der Waals surface area contributed by atoms with Gasteiger partial charge in [-0.3, -0.25) is 0 Å². The molecule has 0 saturated heterocycles. The number of nitrogens with one attached hydrogen (secondary N) is 1. The summed E-state index contributed by atoms with van der Waals surface area (Å²) in [5.41, 5.74) is -0.159. The molecule has 0 aliphatic heterocycles. The van der Waals surface area contributed by atoms with Gasteiger partial charge in [-0.1, -0.05) is 0 Å². The SMILES string of the molecule is CN(c1cnc(C#N)cn1)C1CCC(NC(=O)OC(C)(C)C)CC1. The molecule has 7 nitrogen and oxygen atoms in total. The van der Waals surface area contributed by atoms with Crippen LogP contribution in [0.25, 0.3) is 0 Å². The van der Waals surface area contributed by atoms with Crippen molar-refractivity contribution < 1.29 is 9.53 Å². The van der Waals surface area contributed by atoms with Crippen molar-refractivity contribution in [3.63, 3.8) is 0 Å². The number of carbonyl (C=O) groups is 1. The van der Waals surface area contributed by atoms with Crippen molar-refractivity contribution in [2.24, 2.45) is 0 Å². The molecule has 1 aliphatic rings. The minimum Gasteiger partial charge on any atom is -0.444 e. The number of nitriles is 1. The van der Waals surface area contributed by atoms with Gasteiger partial charge in [-0.15, -0.1) is 0 Å². The zero-order valence-corrected chi connectivity index (χ0v) is 14.7. The molecule has 1 amide bonds. The number of anilines is 1. The number of rotatable bonds is 3. The number of aromatic nitrogens is 2. The van der Waals surface area contributed by atoms with E-state index in [1.54, 1.807) is 6.20 Å². The first kappa shape index (κ1) is 18.0. The number of ether oxygens (including phenoxy) is 1. The van der Waals surface area contributed by atoms with Crippen LogP contribution in [0.5, 0.6) is 0 Å². The molecule has 1 aliphatic carbocycles. The van der Waals surface area contributed by atoms with Gasteiger partial charge < -0.3 is 15.0 Å². The molecule has 2 rings (SSSR count). The average molecular weight is 331 g/mol. The van der Waals surface area contributed by atoms with E-state index in [9.17, 15) is 4.79 Å². The van der Waals surface area contributed by atoms with Crippen molar-refractivity contribution in [2.45, 2.75) is 64.1 Å². The predicted octanol–water partition coefficient (Wildman–Crippen LogP) is 2.62. The third-order valence-electron chi connectivity index (χ3n) is 4.08. The van der Waals surface area contributed by atoms with Crippen molar-refractivity contribution in [1.29, 1.82) is 5.26 Å². The third kappa shape index (κ3) is 5.08. The van der Waals surface area contributed by atoms with Gasteiger partial charge in [0, 0.05) is 19.1 Å².